The molecule has 6 nitrogen and oxygen atoms in total. The van der Waals surface area contributed by atoms with E-state index in [4.69, 9.17) is 10.6 Å². The van der Waals surface area contributed by atoms with Crippen molar-refractivity contribution in [2.24, 2.45) is 0 Å². The summed E-state index contributed by atoms with van der Waals surface area (Å²) in [5.74, 6) is 4.62. The van der Waals surface area contributed by atoms with Crippen LogP contribution in [0, 0.1) is 19.8 Å². The summed E-state index contributed by atoms with van der Waals surface area (Å²) in [6.07, 6.45) is 1.51. The SMILES string of the molecule is Cc1cc(C)c(S(=O)(=O)O)c(CCOc2cc(Br)c[n+](N)c2F)c1. The minimum absolute atomic E-state index is 0.0127. The Labute approximate surface area is 147 Å². The molecule has 130 valence electrons. The fourth-order valence-electron chi connectivity index (χ4n) is 2.51. The quantitative estimate of drug-likeness (QED) is 0.334. The summed E-state index contributed by atoms with van der Waals surface area (Å²) in [7, 11) is -4.36. The summed E-state index contributed by atoms with van der Waals surface area (Å²) >= 11 is 3.18. The topological polar surface area (TPSA) is 93.5 Å². The Balaban J connectivity index is 2.25. The van der Waals surface area contributed by atoms with Crippen molar-refractivity contribution in [3.63, 3.8) is 0 Å². The predicted octanol–water partition coefficient (Wildman–Crippen LogP) is 2.07. The van der Waals surface area contributed by atoms with Crippen LogP contribution in [0.1, 0.15) is 16.7 Å². The maximum Gasteiger partial charge on any atom is 0.431 e. The van der Waals surface area contributed by atoms with Gasteiger partial charge in [0, 0.05) is 12.5 Å². The molecule has 24 heavy (non-hydrogen) atoms. The molecular weight excluding hydrogens is 403 g/mol. The van der Waals surface area contributed by atoms with E-state index in [2.05, 4.69) is 15.9 Å². The van der Waals surface area contributed by atoms with Gasteiger partial charge in [-0.1, -0.05) is 22.4 Å². The highest BCUT2D eigenvalue weighted by atomic mass is 79.9. The molecule has 0 unspecified atom stereocenters. The molecule has 0 atom stereocenters. The molecule has 1 heterocycles. The first-order chi connectivity index (χ1) is 11.1. The number of nitrogen functional groups attached to an aromatic ring is 1. The largest absolute Gasteiger partial charge is 0.485 e. The fourth-order valence-corrected chi connectivity index (χ4v) is 3.89. The van der Waals surface area contributed by atoms with Crippen LogP contribution in [0.25, 0.3) is 0 Å². The lowest BCUT2D eigenvalue weighted by atomic mass is 10.1. The van der Waals surface area contributed by atoms with Crippen molar-refractivity contribution in [3.8, 4) is 5.75 Å². The highest BCUT2D eigenvalue weighted by Gasteiger charge is 2.20. The van der Waals surface area contributed by atoms with Gasteiger partial charge in [0.2, 0.25) is 11.9 Å². The number of aromatic nitrogens is 1. The average Bonchev–Trinajstić information content (AvgIpc) is 2.41. The van der Waals surface area contributed by atoms with Crippen LogP contribution in [0.2, 0.25) is 0 Å². The van der Waals surface area contributed by atoms with Crippen LogP contribution in [-0.2, 0) is 16.5 Å². The van der Waals surface area contributed by atoms with Gasteiger partial charge in [0.1, 0.15) is 4.90 Å². The minimum Gasteiger partial charge on any atom is -0.485 e. The number of nitrogens with two attached hydrogens (primary N) is 1. The van der Waals surface area contributed by atoms with Crippen molar-refractivity contribution < 1.29 is 26.8 Å². The predicted molar refractivity (Wildman–Crippen MR) is 89.4 cm³/mol. The number of hydrogen-bond acceptors (Lipinski definition) is 4. The van der Waals surface area contributed by atoms with E-state index in [0.29, 0.717) is 15.6 Å². The van der Waals surface area contributed by atoms with Crippen LogP contribution >= 0.6 is 15.9 Å². The highest BCUT2D eigenvalue weighted by molar-refractivity contribution is 9.10. The molecule has 0 fully saturated rings. The average molecular weight is 420 g/mol. The number of benzene rings is 1. The third kappa shape index (κ3) is 4.22. The maximum absolute atomic E-state index is 13.9. The summed E-state index contributed by atoms with van der Waals surface area (Å²) in [6, 6.07) is 4.74. The second-order valence-corrected chi connectivity index (χ2v) is 7.64. The molecule has 0 aliphatic carbocycles. The molecular formula is C15H17BrFN2O4S+. The fraction of sp³-hybridized carbons (Fsp3) is 0.267. The Kier molecular flexibility index (Phi) is 5.46. The third-order valence-corrected chi connectivity index (χ3v) is 4.88. The van der Waals surface area contributed by atoms with Gasteiger partial charge >= 0.3 is 5.95 Å². The zero-order valence-corrected chi connectivity index (χ0v) is 15.5. The first-order valence-electron chi connectivity index (χ1n) is 6.96. The van der Waals surface area contributed by atoms with Crippen LogP contribution in [-0.4, -0.2) is 19.6 Å². The number of halogens is 2. The van der Waals surface area contributed by atoms with Crippen molar-refractivity contribution in [2.45, 2.75) is 25.2 Å². The Hall–Kier alpha value is -1.71. The monoisotopic (exact) mass is 419 g/mol. The molecule has 1 aromatic heterocycles. The Morgan fingerprint density at radius 2 is 2.00 bits per heavy atom. The molecule has 3 N–H and O–H groups in total. The molecule has 9 heteroatoms. The van der Waals surface area contributed by atoms with E-state index in [1.54, 1.807) is 19.1 Å². The molecule has 0 saturated heterocycles. The standard InChI is InChI=1S/C15H16BrFN2O4S/c1-9-5-10(2)14(24(20,21)22)11(6-9)3-4-23-13-7-12(16)8-19(18)15(13)17/h5-8H,3-4,18H2,1-2H3/p+1. The minimum atomic E-state index is -4.36. The van der Waals surface area contributed by atoms with E-state index in [1.165, 1.54) is 12.3 Å². The van der Waals surface area contributed by atoms with Crippen molar-refractivity contribution in [1.29, 1.82) is 0 Å². The molecule has 2 rings (SSSR count). The zero-order chi connectivity index (χ0) is 18.1. The lowest BCUT2D eigenvalue weighted by Crippen LogP contribution is -2.48. The number of hydrogen-bond donors (Lipinski definition) is 2. The first kappa shape index (κ1) is 18.6. The Morgan fingerprint density at radius 3 is 2.62 bits per heavy atom. The van der Waals surface area contributed by atoms with Gasteiger partial charge in [0.05, 0.1) is 11.1 Å². The second-order valence-electron chi connectivity index (χ2n) is 5.36. The second kappa shape index (κ2) is 7.04. The van der Waals surface area contributed by atoms with E-state index < -0.39 is 16.1 Å². The smallest absolute Gasteiger partial charge is 0.431 e. The highest BCUT2D eigenvalue weighted by Crippen LogP contribution is 2.24. The van der Waals surface area contributed by atoms with Gasteiger partial charge < -0.3 is 4.74 Å². The molecule has 0 aliphatic rings. The van der Waals surface area contributed by atoms with Crippen LogP contribution in [0.3, 0.4) is 0 Å². The normalized spacial score (nSPS) is 11.5. The molecule has 2 aromatic rings. The summed E-state index contributed by atoms with van der Waals surface area (Å²) in [4.78, 5) is -0.139. The van der Waals surface area contributed by atoms with Crippen LogP contribution in [0.15, 0.2) is 33.8 Å². The van der Waals surface area contributed by atoms with Crippen molar-refractivity contribution >= 4 is 26.0 Å². The molecule has 0 bridgehead atoms. The van der Waals surface area contributed by atoms with Crippen LogP contribution in [0.5, 0.6) is 5.75 Å². The molecule has 0 spiro atoms. The number of pyridine rings is 1. The van der Waals surface area contributed by atoms with Crippen molar-refractivity contribution in [3.05, 3.63) is 51.5 Å². The lowest BCUT2D eigenvalue weighted by Gasteiger charge is -2.12. The molecule has 0 saturated carbocycles. The molecule has 0 radical (unpaired) electrons. The van der Waals surface area contributed by atoms with Crippen molar-refractivity contribution in [2.75, 3.05) is 12.4 Å². The lowest BCUT2D eigenvalue weighted by molar-refractivity contribution is -0.670. The van der Waals surface area contributed by atoms with Gasteiger partial charge in [0.15, 0.2) is 0 Å². The zero-order valence-electron chi connectivity index (χ0n) is 13.1. The number of ether oxygens (including phenoxy) is 1. The number of nitrogens with zero attached hydrogens (tertiary/aromatic N) is 1. The summed E-state index contributed by atoms with van der Waals surface area (Å²) < 4.78 is 53.1. The van der Waals surface area contributed by atoms with Gasteiger partial charge in [-0.05, 0) is 40.9 Å². The van der Waals surface area contributed by atoms with Gasteiger partial charge in [-0.2, -0.15) is 8.42 Å². The molecule has 0 aliphatic heterocycles. The van der Waals surface area contributed by atoms with Gasteiger partial charge in [-0.15, -0.1) is 4.39 Å². The first-order valence-corrected chi connectivity index (χ1v) is 9.19. The summed E-state index contributed by atoms with van der Waals surface area (Å²) in [5, 5.41) is 0. The van der Waals surface area contributed by atoms with Crippen LogP contribution < -0.4 is 15.3 Å². The van der Waals surface area contributed by atoms with Crippen molar-refractivity contribution in [1.82, 2.24) is 0 Å². The molecule has 1 aromatic carbocycles. The maximum atomic E-state index is 13.9. The van der Waals surface area contributed by atoms with E-state index in [-0.39, 0.29) is 23.7 Å². The van der Waals surface area contributed by atoms with E-state index in [9.17, 15) is 17.4 Å². The number of rotatable bonds is 5. The van der Waals surface area contributed by atoms with E-state index in [1.807, 2.05) is 6.92 Å². The van der Waals surface area contributed by atoms with Crippen LogP contribution in [0.4, 0.5) is 4.39 Å². The van der Waals surface area contributed by atoms with Gasteiger partial charge in [-0.3, -0.25) is 4.55 Å². The van der Waals surface area contributed by atoms with Gasteiger partial charge in [-0.25, -0.2) is 5.84 Å². The van der Waals surface area contributed by atoms with E-state index in [0.717, 1.165) is 10.2 Å². The Morgan fingerprint density at radius 1 is 1.33 bits per heavy atom. The summed E-state index contributed by atoms with van der Waals surface area (Å²) in [6.45, 7) is 3.43. The van der Waals surface area contributed by atoms with Gasteiger partial charge in [0.25, 0.3) is 10.1 Å². The Bertz CT molecular complexity index is 888. The third-order valence-electron chi connectivity index (χ3n) is 3.34. The molecule has 0 amide bonds. The summed E-state index contributed by atoms with van der Waals surface area (Å²) in [5.41, 5.74) is 1.70. The number of aryl methyl sites for hydroxylation is 2. The van der Waals surface area contributed by atoms with E-state index >= 15 is 0 Å².